The molecular weight excluding hydrogens is 236 g/mol. The molecule has 1 fully saturated rings. The Hall–Kier alpha value is -0.530. The monoisotopic (exact) mass is 268 g/mol. The van der Waals surface area contributed by atoms with Gasteiger partial charge in [-0.2, -0.15) is 0 Å². The van der Waals surface area contributed by atoms with Crippen LogP contribution in [-0.4, -0.2) is 13.1 Å². The SMILES string of the molecule is CCCCCC1CC1CCCCCCCC(=O)OC. The molecule has 0 aromatic heterocycles. The first-order valence-corrected chi connectivity index (χ1v) is 8.34. The molecule has 0 aromatic carbocycles. The Kier molecular flexibility index (Phi) is 8.94. The van der Waals surface area contributed by atoms with Crippen molar-refractivity contribution < 1.29 is 9.53 Å². The highest BCUT2D eigenvalue weighted by Crippen LogP contribution is 2.45. The molecule has 0 aliphatic heterocycles. The predicted molar refractivity (Wildman–Crippen MR) is 80.1 cm³/mol. The Bertz CT molecular complexity index is 237. The van der Waals surface area contributed by atoms with Gasteiger partial charge in [0.1, 0.15) is 0 Å². The zero-order chi connectivity index (χ0) is 13.9. The highest BCUT2D eigenvalue weighted by molar-refractivity contribution is 5.68. The Labute approximate surface area is 119 Å². The van der Waals surface area contributed by atoms with Crippen molar-refractivity contribution in [2.75, 3.05) is 7.11 Å². The van der Waals surface area contributed by atoms with Crippen LogP contribution in [0.5, 0.6) is 0 Å². The number of carbonyl (C=O) groups excluding carboxylic acids is 1. The topological polar surface area (TPSA) is 26.3 Å². The van der Waals surface area contributed by atoms with Crippen molar-refractivity contribution in [1.82, 2.24) is 0 Å². The average molecular weight is 268 g/mol. The number of rotatable bonds is 12. The van der Waals surface area contributed by atoms with Crippen molar-refractivity contribution in [2.45, 2.75) is 84.0 Å². The lowest BCUT2D eigenvalue weighted by atomic mass is 10.0. The molecule has 1 aliphatic carbocycles. The third kappa shape index (κ3) is 8.28. The third-order valence-electron chi connectivity index (χ3n) is 4.43. The zero-order valence-corrected chi connectivity index (χ0v) is 13.0. The summed E-state index contributed by atoms with van der Waals surface area (Å²) < 4.78 is 4.63. The van der Waals surface area contributed by atoms with Gasteiger partial charge in [0.25, 0.3) is 0 Å². The van der Waals surface area contributed by atoms with Crippen molar-refractivity contribution in [3.05, 3.63) is 0 Å². The van der Waals surface area contributed by atoms with Crippen molar-refractivity contribution in [3.8, 4) is 0 Å². The molecule has 2 unspecified atom stereocenters. The van der Waals surface area contributed by atoms with Crippen molar-refractivity contribution in [3.63, 3.8) is 0 Å². The molecule has 0 spiro atoms. The minimum Gasteiger partial charge on any atom is -0.469 e. The normalized spacial score (nSPS) is 21.4. The molecule has 1 rings (SSSR count). The molecule has 0 heterocycles. The molecule has 112 valence electrons. The maximum absolute atomic E-state index is 10.9. The van der Waals surface area contributed by atoms with Crippen LogP contribution in [0.25, 0.3) is 0 Å². The molecule has 1 saturated carbocycles. The van der Waals surface area contributed by atoms with E-state index in [1.54, 1.807) is 0 Å². The molecule has 2 nitrogen and oxygen atoms in total. The summed E-state index contributed by atoms with van der Waals surface area (Å²) in [4.78, 5) is 10.9. The van der Waals surface area contributed by atoms with Gasteiger partial charge in [-0.25, -0.2) is 0 Å². The highest BCUT2D eigenvalue weighted by Gasteiger charge is 2.34. The van der Waals surface area contributed by atoms with Crippen molar-refractivity contribution in [2.24, 2.45) is 11.8 Å². The number of ether oxygens (including phenoxy) is 1. The maximum atomic E-state index is 10.9. The van der Waals surface area contributed by atoms with Gasteiger partial charge in [-0.3, -0.25) is 4.79 Å². The molecule has 0 saturated heterocycles. The van der Waals surface area contributed by atoms with Crippen LogP contribution >= 0.6 is 0 Å². The number of hydrogen-bond donors (Lipinski definition) is 0. The van der Waals surface area contributed by atoms with Gasteiger partial charge in [0.05, 0.1) is 7.11 Å². The second kappa shape index (κ2) is 10.3. The van der Waals surface area contributed by atoms with E-state index in [0.29, 0.717) is 6.42 Å². The molecule has 0 aromatic rings. The van der Waals surface area contributed by atoms with E-state index in [0.717, 1.165) is 18.3 Å². The van der Waals surface area contributed by atoms with Crippen LogP contribution in [0, 0.1) is 11.8 Å². The van der Waals surface area contributed by atoms with E-state index in [4.69, 9.17) is 0 Å². The summed E-state index contributed by atoms with van der Waals surface area (Å²) in [6.45, 7) is 2.28. The summed E-state index contributed by atoms with van der Waals surface area (Å²) in [7, 11) is 1.47. The zero-order valence-electron chi connectivity index (χ0n) is 13.0. The van der Waals surface area contributed by atoms with Crippen LogP contribution in [0.2, 0.25) is 0 Å². The largest absolute Gasteiger partial charge is 0.469 e. The second-order valence-corrected chi connectivity index (χ2v) is 6.13. The minimum absolute atomic E-state index is 0.0621. The van der Waals surface area contributed by atoms with Crippen LogP contribution in [0.3, 0.4) is 0 Å². The van der Waals surface area contributed by atoms with E-state index in [9.17, 15) is 4.79 Å². The van der Waals surface area contributed by atoms with Gasteiger partial charge in [0.15, 0.2) is 0 Å². The summed E-state index contributed by atoms with van der Waals surface area (Å²) in [5.74, 6) is 2.07. The fraction of sp³-hybridized carbons (Fsp3) is 0.941. The first-order valence-electron chi connectivity index (χ1n) is 8.34. The Morgan fingerprint density at radius 2 is 1.53 bits per heavy atom. The number of unbranched alkanes of at least 4 members (excludes halogenated alkanes) is 6. The Balaban J connectivity index is 1.79. The van der Waals surface area contributed by atoms with Gasteiger partial charge in [-0.05, 0) is 24.7 Å². The molecule has 19 heavy (non-hydrogen) atoms. The lowest BCUT2D eigenvalue weighted by Crippen LogP contribution is -1.99. The maximum Gasteiger partial charge on any atom is 0.305 e. The summed E-state index contributed by atoms with van der Waals surface area (Å²) in [6.07, 6.45) is 15.5. The molecule has 0 amide bonds. The molecule has 2 atom stereocenters. The fourth-order valence-electron chi connectivity index (χ4n) is 2.98. The molecular formula is C17H32O2. The first-order chi connectivity index (χ1) is 9.27. The van der Waals surface area contributed by atoms with Gasteiger partial charge < -0.3 is 4.74 Å². The smallest absolute Gasteiger partial charge is 0.305 e. The number of hydrogen-bond acceptors (Lipinski definition) is 2. The number of methoxy groups -OCH3 is 1. The van der Waals surface area contributed by atoms with E-state index in [-0.39, 0.29) is 5.97 Å². The lowest BCUT2D eigenvalue weighted by molar-refractivity contribution is -0.140. The highest BCUT2D eigenvalue weighted by atomic mass is 16.5. The van der Waals surface area contributed by atoms with Crippen LogP contribution in [-0.2, 0) is 9.53 Å². The van der Waals surface area contributed by atoms with Gasteiger partial charge in [-0.15, -0.1) is 0 Å². The lowest BCUT2D eigenvalue weighted by Gasteiger charge is -2.02. The predicted octanol–water partition coefficient (Wildman–Crippen LogP) is 5.11. The summed E-state index contributed by atoms with van der Waals surface area (Å²) >= 11 is 0. The Morgan fingerprint density at radius 1 is 0.947 bits per heavy atom. The van der Waals surface area contributed by atoms with Gasteiger partial charge in [0, 0.05) is 6.42 Å². The van der Waals surface area contributed by atoms with Gasteiger partial charge >= 0.3 is 5.97 Å². The molecule has 0 N–H and O–H groups in total. The Morgan fingerprint density at radius 3 is 2.16 bits per heavy atom. The van der Waals surface area contributed by atoms with E-state index < -0.39 is 0 Å². The van der Waals surface area contributed by atoms with Gasteiger partial charge in [0.2, 0.25) is 0 Å². The van der Waals surface area contributed by atoms with Crippen LogP contribution < -0.4 is 0 Å². The van der Waals surface area contributed by atoms with Crippen LogP contribution in [0.15, 0.2) is 0 Å². The number of esters is 1. The van der Waals surface area contributed by atoms with E-state index in [1.807, 2.05) is 0 Å². The molecule has 1 aliphatic rings. The minimum atomic E-state index is -0.0621. The van der Waals surface area contributed by atoms with Crippen LogP contribution in [0.1, 0.15) is 84.0 Å². The molecule has 0 radical (unpaired) electrons. The van der Waals surface area contributed by atoms with E-state index in [1.165, 1.54) is 71.3 Å². The summed E-state index contributed by atoms with van der Waals surface area (Å²) in [6, 6.07) is 0. The van der Waals surface area contributed by atoms with E-state index >= 15 is 0 Å². The summed E-state index contributed by atoms with van der Waals surface area (Å²) in [5.41, 5.74) is 0. The van der Waals surface area contributed by atoms with Gasteiger partial charge in [-0.1, -0.05) is 64.7 Å². The first kappa shape index (κ1) is 16.5. The standard InChI is InChI=1S/C17H32O2/c1-3-4-8-11-15-14-16(15)12-9-6-5-7-10-13-17(18)19-2/h15-16H,3-14H2,1-2H3. The van der Waals surface area contributed by atoms with Crippen molar-refractivity contribution in [1.29, 1.82) is 0 Å². The fourth-order valence-corrected chi connectivity index (χ4v) is 2.98. The average Bonchev–Trinajstić information content (AvgIpc) is 3.16. The van der Waals surface area contributed by atoms with Crippen LogP contribution in [0.4, 0.5) is 0 Å². The van der Waals surface area contributed by atoms with E-state index in [2.05, 4.69) is 11.7 Å². The quantitative estimate of drug-likeness (QED) is 0.363. The third-order valence-corrected chi connectivity index (χ3v) is 4.43. The summed E-state index contributed by atoms with van der Waals surface area (Å²) in [5, 5.41) is 0. The molecule has 0 bridgehead atoms. The second-order valence-electron chi connectivity index (χ2n) is 6.13. The number of carbonyl (C=O) groups is 1. The van der Waals surface area contributed by atoms with Crippen molar-refractivity contribution >= 4 is 5.97 Å². The molecule has 2 heteroatoms.